The number of urea groups is 1. The quantitative estimate of drug-likeness (QED) is 0.380. The number of nitrogens with zero attached hydrogens (tertiary/aromatic N) is 3. The summed E-state index contributed by atoms with van der Waals surface area (Å²) in [7, 11) is 0. The van der Waals surface area contributed by atoms with E-state index in [1.165, 1.54) is 0 Å². The van der Waals surface area contributed by atoms with Crippen LogP contribution in [0.3, 0.4) is 0 Å². The Kier molecular flexibility index (Phi) is 6.90. The number of morpholine rings is 1. The van der Waals surface area contributed by atoms with E-state index in [9.17, 15) is 4.79 Å². The number of carbonyl (C=O) groups excluding carboxylic acids is 1. The Morgan fingerprint density at radius 2 is 1.74 bits per heavy atom. The largest absolute Gasteiger partial charge is 0.379 e. The maximum atomic E-state index is 13.5. The molecule has 2 amide bonds. The molecule has 1 N–H and O–H groups in total. The lowest BCUT2D eigenvalue weighted by Gasteiger charge is -2.30. The van der Waals surface area contributed by atoms with Crippen molar-refractivity contribution < 1.29 is 9.53 Å². The highest BCUT2D eigenvalue weighted by molar-refractivity contribution is 6.30. The molecule has 0 radical (unpaired) electrons. The van der Waals surface area contributed by atoms with Crippen LogP contribution in [0.1, 0.15) is 5.56 Å². The fourth-order valence-corrected chi connectivity index (χ4v) is 4.53. The summed E-state index contributed by atoms with van der Waals surface area (Å²) in [5.41, 5.74) is 2.47. The van der Waals surface area contributed by atoms with Crippen LogP contribution in [0.15, 0.2) is 72.8 Å². The number of aromatic nitrogens is 1. The van der Waals surface area contributed by atoms with Crippen molar-refractivity contribution in [2.75, 3.05) is 44.7 Å². The Balaban J connectivity index is 1.40. The molecule has 4 aromatic rings. The zero-order valence-electron chi connectivity index (χ0n) is 18.9. The maximum absolute atomic E-state index is 13.5. The highest BCUT2D eigenvalue weighted by Gasteiger charge is 2.20. The van der Waals surface area contributed by atoms with Gasteiger partial charge in [-0.2, -0.15) is 0 Å². The molecule has 1 aromatic heterocycles. The molecule has 5 rings (SSSR count). The molecule has 0 aliphatic carbocycles. The van der Waals surface area contributed by atoms with Crippen LogP contribution in [0, 0.1) is 0 Å². The van der Waals surface area contributed by atoms with E-state index in [1.54, 1.807) is 0 Å². The van der Waals surface area contributed by atoms with E-state index in [0.29, 0.717) is 18.2 Å². The molecular formula is C27H27ClN4O2. The second-order valence-corrected chi connectivity index (χ2v) is 8.82. The van der Waals surface area contributed by atoms with Crippen LogP contribution in [0.2, 0.25) is 5.15 Å². The third-order valence-corrected chi connectivity index (χ3v) is 6.55. The molecule has 3 aromatic carbocycles. The third kappa shape index (κ3) is 5.14. The van der Waals surface area contributed by atoms with Crippen molar-refractivity contribution in [1.29, 1.82) is 0 Å². The molecule has 1 aliphatic heterocycles. The van der Waals surface area contributed by atoms with Gasteiger partial charge in [-0.3, -0.25) is 4.90 Å². The van der Waals surface area contributed by atoms with Gasteiger partial charge in [0.1, 0.15) is 5.15 Å². The molecule has 0 atom stereocenters. The minimum absolute atomic E-state index is 0.158. The fraction of sp³-hybridized carbons (Fsp3) is 0.259. The lowest BCUT2D eigenvalue weighted by atomic mass is 10.1. The van der Waals surface area contributed by atoms with E-state index in [4.69, 9.17) is 16.3 Å². The number of rotatable bonds is 6. The number of nitrogens with one attached hydrogen (secondary N) is 1. The van der Waals surface area contributed by atoms with Crippen LogP contribution in [-0.4, -0.2) is 60.2 Å². The third-order valence-electron chi connectivity index (χ3n) is 6.22. The number of ether oxygens (including phenoxy) is 1. The maximum Gasteiger partial charge on any atom is 0.322 e. The monoisotopic (exact) mass is 474 g/mol. The molecule has 1 saturated heterocycles. The summed E-state index contributed by atoms with van der Waals surface area (Å²) in [6.45, 7) is 4.90. The number of pyridine rings is 1. The molecule has 7 heteroatoms. The predicted molar refractivity (Wildman–Crippen MR) is 137 cm³/mol. The highest BCUT2D eigenvalue weighted by atomic mass is 35.5. The summed E-state index contributed by atoms with van der Waals surface area (Å²) >= 11 is 6.54. The topological polar surface area (TPSA) is 57.7 Å². The van der Waals surface area contributed by atoms with Crippen LogP contribution in [0.4, 0.5) is 10.5 Å². The van der Waals surface area contributed by atoms with Gasteiger partial charge in [0, 0.05) is 42.5 Å². The van der Waals surface area contributed by atoms with Gasteiger partial charge in [-0.15, -0.1) is 0 Å². The minimum Gasteiger partial charge on any atom is -0.379 e. The van der Waals surface area contributed by atoms with Crippen molar-refractivity contribution >= 4 is 45.0 Å². The van der Waals surface area contributed by atoms with Crippen LogP contribution in [0.25, 0.3) is 21.7 Å². The second-order valence-electron chi connectivity index (χ2n) is 8.46. The average molecular weight is 475 g/mol. The molecular weight excluding hydrogens is 448 g/mol. The summed E-state index contributed by atoms with van der Waals surface area (Å²) in [5, 5.41) is 6.65. The number of fused-ring (bicyclic) bond motifs is 2. The van der Waals surface area contributed by atoms with E-state index < -0.39 is 0 Å². The highest BCUT2D eigenvalue weighted by Crippen LogP contribution is 2.25. The Morgan fingerprint density at radius 3 is 2.59 bits per heavy atom. The van der Waals surface area contributed by atoms with Crippen molar-refractivity contribution in [3.05, 3.63) is 83.5 Å². The van der Waals surface area contributed by atoms with E-state index in [1.807, 2.05) is 77.7 Å². The average Bonchev–Trinajstić information content (AvgIpc) is 2.87. The zero-order valence-corrected chi connectivity index (χ0v) is 19.7. The lowest BCUT2D eigenvalue weighted by molar-refractivity contribution is 0.0349. The van der Waals surface area contributed by atoms with Crippen molar-refractivity contribution in [1.82, 2.24) is 14.8 Å². The number of anilines is 1. The van der Waals surface area contributed by atoms with Crippen molar-refractivity contribution in [2.24, 2.45) is 0 Å². The van der Waals surface area contributed by atoms with Gasteiger partial charge < -0.3 is 15.0 Å². The van der Waals surface area contributed by atoms with Crippen molar-refractivity contribution in [2.45, 2.75) is 6.54 Å². The first-order chi connectivity index (χ1) is 16.7. The Labute approximate surface area is 204 Å². The first-order valence-corrected chi connectivity index (χ1v) is 11.9. The summed E-state index contributed by atoms with van der Waals surface area (Å²) in [5.74, 6) is 0. The van der Waals surface area contributed by atoms with Gasteiger partial charge in [0.25, 0.3) is 0 Å². The number of halogens is 1. The fourth-order valence-electron chi connectivity index (χ4n) is 4.32. The second kappa shape index (κ2) is 10.4. The summed E-state index contributed by atoms with van der Waals surface area (Å²) in [6.07, 6.45) is 0. The Hall–Kier alpha value is -3.19. The molecule has 174 valence electrons. The molecule has 6 nitrogen and oxygen atoms in total. The number of hydrogen-bond acceptors (Lipinski definition) is 4. The summed E-state index contributed by atoms with van der Waals surface area (Å²) in [6, 6.07) is 23.7. The molecule has 0 bridgehead atoms. The van der Waals surface area contributed by atoms with Crippen molar-refractivity contribution in [3.63, 3.8) is 0 Å². The lowest BCUT2D eigenvalue weighted by Crippen LogP contribution is -2.44. The zero-order chi connectivity index (χ0) is 23.3. The number of amides is 2. The number of hydrogen-bond donors (Lipinski definition) is 1. The smallest absolute Gasteiger partial charge is 0.322 e. The van der Waals surface area contributed by atoms with Gasteiger partial charge in [0.05, 0.1) is 31.0 Å². The van der Waals surface area contributed by atoms with Crippen LogP contribution in [0.5, 0.6) is 0 Å². The number of carbonyl (C=O) groups is 1. The Morgan fingerprint density at radius 1 is 1.00 bits per heavy atom. The van der Waals surface area contributed by atoms with Crippen molar-refractivity contribution in [3.8, 4) is 0 Å². The molecule has 2 heterocycles. The molecule has 0 spiro atoms. The molecule has 1 aliphatic rings. The predicted octanol–water partition coefficient (Wildman–Crippen LogP) is 5.41. The molecule has 0 saturated carbocycles. The normalized spacial score (nSPS) is 14.4. The van der Waals surface area contributed by atoms with Gasteiger partial charge in [0.2, 0.25) is 0 Å². The standard InChI is InChI=1S/C27H27ClN4O2/c28-26-22(18-21-7-2-4-10-24(21)29-26)19-32(13-12-31-14-16-34-17-15-31)27(33)30-25-11-5-8-20-6-1-3-9-23(20)25/h1-11,18H,12-17,19H2,(H,30,33). The van der Waals surface area contributed by atoms with Gasteiger partial charge in [-0.1, -0.05) is 66.2 Å². The number of benzene rings is 3. The van der Waals surface area contributed by atoms with Crippen LogP contribution < -0.4 is 5.32 Å². The molecule has 1 fully saturated rings. The van der Waals surface area contributed by atoms with E-state index in [2.05, 4.69) is 15.2 Å². The van der Waals surface area contributed by atoms with Crippen LogP contribution in [-0.2, 0) is 11.3 Å². The SMILES string of the molecule is O=C(Nc1cccc2ccccc12)N(CCN1CCOCC1)Cc1cc2ccccc2nc1Cl. The first kappa shape index (κ1) is 22.6. The Bertz CT molecular complexity index is 1300. The summed E-state index contributed by atoms with van der Waals surface area (Å²) < 4.78 is 5.47. The van der Waals surface area contributed by atoms with Crippen LogP contribution >= 0.6 is 11.6 Å². The first-order valence-electron chi connectivity index (χ1n) is 11.6. The molecule has 34 heavy (non-hydrogen) atoms. The minimum atomic E-state index is -0.158. The van der Waals surface area contributed by atoms with E-state index in [-0.39, 0.29) is 6.03 Å². The van der Waals surface area contributed by atoms with Gasteiger partial charge in [-0.25, -0.2) is 9.78 Å². The van der Waals surface area contributed by atoms with Gasteiger partial charge in [0.15, 0.2) is 0 Å². The van der Waals surface area contributed by atoms with E-state index in [0.717, 1.165) is 65.8 Å². The molecule has 0 unspecified atom stereocenters. The van der Waals surface area contributed by atoms with E-state index >= 15 is 0 Å². The summed E-state index contributed by atoms with van der Waals surface area (Å²) in [4.78, 5) is 22.2. The number of para-hydroxylation sites is 1. The van der Waals surface area contributed by atoms with Gasteiger partial charge in [-0.05, 0) is 23.6 Å². The van der Waals surface area contributed by atoms with Gasteiger partial charge >= 0.3 is 6.03 Å².